The molecular formula is C19H22N4O2. The van der Waals surface area contributed by atoms with E-state index < -0.39 is 0 Å². The number of amides is 2. The minimum Gasteiger partial charge on any atom is -0.481 e. The number of benzene rings is 1. The van der Waals surface area contributed by atoms with Crippen LogP contribution in [-0.2, 0) is 6.54 Å². The highest BCUT2D eigenvalue weighted by atomic mass is 16.5. The summed E-state index contributed by atoms with van der Waals surface area (Å²) in [6.07, 6.45) is 1.86. The molecule has 0 spiro atoms. The molecular weight excluding hydrogens is 316 g/mol. The van der Waals surface area contributed by atoms with Crippen molar-refractivity contribution in [2.75, 3.05) is 38.2 Å². The van der Waals surface area contributed by atoms with Crippen molar-refractivity contribution in [3.05, 3.63) is 54.2 Å². The number of ether oxygens (including phenoxy) is 1. The Balaban J connectivity index is 1.42. The molecule has 1 aromatic carbocycles. The molecule has 2 saturated heterocycles. The lowest BCUT2D eigenvalue weighted by Crippen LogP contribution is -2.51. The lowest BCUT2D eigenvalue weighted by molar-refractivity contribution is 0.116. The number of fused-ring (bicyclic) bond motifs is 1. The van der Waals surface area contributed by atoms with Crippen molar-refractivity contribution >= 4 is 11.7 Å². The molecule has 0 radical (unpaired) electrons. The van der Waals surface area contributed by atoms with E-state index in [0.717, 1.165) is 38.4 Å². The molecule has 3 heterocycles. The van der Waals surface area contributed by atoms with Crippen LogP contribution in [0.2, 0.25) is 0 Å². The van der Waals surface area contributed by atoms with Gasteiger partial charge in [0, 0.05) is 50.7 Å². The van der Waals surface area contributed by atoms with Crippen LogP contribution in [0.3, 0.4) is 0 Å². The zero-order valence-electron chi connectivity index (χ0n) is 14.3. The predicted octanol–water partition coefficient (Wildman–Crippen LogP) is 2.22. The van der Waals surface area contributed by atoms with Gasteiger partial charge in [0.15, 0.2) is 0 Å². The van der Waals surface area contributed by atoms with E-state index in [0.29, 0.717) is 5.88 Å². The zero-order chi connectivity index (χ0) is 17.2. The van der Waals surface area contributed by atoms with Gasteiger partial charge in [-0.2, -0.15) is 0 Å². The maximum Gasteiger partial charge on any atom is 0.324 e. The second-order valence-electron chi connectivity index (χ2n) is 6.52. The number of rotatable bonds is 4. The summed E-state index contributed by atoms with van der Waals surface area (Å²) in [6.45, 7) is 4.15. The fourth-order valence-corrected chi connectivity index (χ4v) is 3.62. The quantitative estimate of drug-likeness (QED) is 0.858. The Morgan fingerprint density at radius 2 is 1.96 bits per heavy atom. The van der Waals surface area contributed by atoms with E-state index in [4.69, 9.17) is 4.74 Å². The van der Waals surface area contributed by atoms with Gasteiger partial charge in [-0.25, -0.2) is 9.78 Å². The third-order valence-corrected chi connectivity index (χ3v) is 4.92. The number of urea groups is 1. The molecule has 25 heavy (non-hydrogen) atoms. The standard InChI is InChI=1S/C19H22N4O2/c1-25-18-8-7-15(11-20-18)12-21-9-10-22-17(13-21)14-23(19(22)24)16-5-3-2-4-6-16/h2-8,11,17H,9-10,12-14H2,1H3/t17-/m1/s1. The molecule has 0 saturated carbocycles. The number of pyridine rings is 1. The third-order valence-electron chi connectivity index (χ3n) is 4.92. The van der Waals surface area contributed by atoms with Gasteiger partial charge in [0.05, 0.1) is 13.2 Å². The first-order valence-electron chi connectivity index (χ1n) is 8.59. The van der Waals surface area contributed by atoms with Crippen LogP contribution < -0.4 is 9.64 Å². The van der Waals surface area contributed by atoms with Crippen molar-refractivity contribution in [1.29, 1.82) is 0 Å². The first kappa shape index (κ1) is 15.9. The first-order valence-corrected chi connectivity index (χ1v) is 8.59. The molecule has 0 bridgehead atoms. The normalized spacial score (nSPS) is 20.7. The molecule has 0 aliphatic carbocycles. The highest BCUT2D eigenvalue weighted by Gasteiger charge is 2.40. The van der Waals surface area contributed by atoms with E-state index in [2.05, 4.69) is 9.88 Å². The number of hydrogen-bond donors (Lipinski definition) is 0. The highest BCUT2D eigenvalue weighted by molar-refractivity contribution is 5.94. The Morgan fingerprint density at radius 1 is 1.12 bits per heavy atom. The van der Waals surface area contributed by atoms with Crippen LogP contribution >= 0.6 is 0 Å². The van der Waals surface area contributed by atoms with E-state index in [1.165, 1.54) is 5.56 Å². The predicted molar refractivity (Wildman–Crippen MR) is 95.7 cm³/mol. The van der Waals surface area contributed by atoms with E-state index in [1.54, 1.807) is 7.11 Å². The van der Waals surface area contributed by atoms with Crippen molar-refractivity contribution in [2.45, 2.75) is 12.6 Å². The molecule has 2 amide bonds. The van der Waals surface area contributed by atoms with Crippen molar-refractivity contribution in [1.82, 2.24) is 14.8 Å². The fourth-order valence-electron chi connectivity index (χ4n) is 3.62. The third kappa shape index (κ3) is 3.17. The smallest absolute Gasteiger partial charge is 0.324 e. The molecule has 2 aromatic rings. The summed E-state index contributed by atoms with van der Waals surface area (Å²) in [5.74, 6) is 0.633. The number of nitrogens with zero attached hydrogens (tertiary/aromatic N) is 4. The van der Waals surface area contributed by atoms with Gasteiger partial charge >= 0.3 is 6.03 Å². The molecule has 4 rings (SSSR count). The van der Waals surface area contributed by atoms with Gasteiger partial charge in [0.25, 0.3) is 0 Å². The van der Waals surface area contributed by atoms with Crippen LogP contribution in [0, 0.1) is 0 Å². The van der Waals surface area contributed by atoms with Crippen LogP contribution in [0.15, 0.2) is 48.7 Å². The molecule has 2 aliphatic rings. The largest absolute Gasteiger partial charge is 0.481 e. The lowest BCUT2D eigenvalue weighted by atomic mass is 10.1. The van der Waals surface area contributed by atoms with Crippen molar-refractivity contribution in [3.63, 3.8) is 0 Å². The summed E-state index contributed by atoms with van der Waals surface area (Å²) >= 11 is 0. The van der Waals surface area contributed by atoms with Crippen LogP contribution in [0.25, 0.3) is 0 Å². The zero-order valence-corrected chi connectivity index (χ0v) is 14.3. The van der Waals surface area contributed by atoms with Gasteiger partial charge in [-0.1, -0.05) is 24.3 Å². The summed E-state index contributed by atoms with van der Waals surface area (Å²) < 4.78 is 5.11. The summed E-state index contributed by atoms with van der Waals surface area (Å²) in [5, 5.41) is 0. The number of piperazine rings is 1. The molecule has 6 heteroatoms. The molecule has 6 nitrogen and oxygen atoms in total. The van der Waals surface area contributed by atoms with Gasteiger partial charge < -0.3 is 9.64 Å². The molecule has 1 atom stereocenters. The number of methoxy groups -OCH3 is 1. The summed E-state index contributed by atoms with van der Waals surface area (Å²) in [5.41, 5.74) is 2.14. The topological polar surface area (TPSA) is 48.9 Å². The SMILES string of the molecule is COc1ccc(CN2CCN3C(=O)N(c4ccccc4)C[C@H]3C2)cn1. The van der Waals surface area contributed by atoms with Crippen LogP contribution in [0.4, 0.5) is 10.5 Å². The number of anilines is 1. The average molecular weight is 338 g/mol. The number of carbonyl (C=O) groups excluding carboxylic acids is 1. The second-order valence-corrected chi connectivity index (χ2v) is 6.52. The fraction of sp³-hybridized carbons (Fsp3) is 0.368. The van der Waals surface area contributed by atoms with Crippen LogP contribution in [0.1, 0.15) is 5.56 Å². The first-order chi connectivity index (χ1) is 12.2. The monoisotopic (exact) mass is 338 g/mol. The summed E-state index contributed by atoms with van der Waals surface area (Å²) in [6, 6.07) is 14.2. The van der Waals surface area contributed by atoms with Crippen molar-refractivity contribution in [3.8, 4) is 5.88 Å². The van der Waals surface area contributed by atoms with Crippen molar-refractivity contribution < 1.29 is 9.53 Å². The Labute approximate surface area is 147 Å². The number of carbonyl (C=O) groups is 1. The lowest BCUT2D eigenvalue weighted by Gasteiger charge is -2.36. The Morgan fingerprint density at radius 3 is 2.68 bits per heavy atom. The minimum atomic E-state index is 0.127. The Kier molecular flexibility index (Phi) is 4.28. The average Bonchev–Trinajstić information content (AvgIpc) is 2.99. The van der Waals surface area contributed by atoms with Gasteiger partial charge in [-0.05, 0) is 17.7 Å². The molecule has 0 N–H and O–H groups in total. The highest BCUT2D eigenvalue weighted by Crippen LogP contribution is 2.26. The van der Waals surface area contributed by atoms with Gasteiger partial charge in [0.2, 0.25) is 5.88 Å². The molecule has 0 unspecified atom stereocenters. The molecule has 130 valence electrons. The van der Waals surface area contributed by atoms with E-state index in [1.807, 2.05) is 58.5 Å². The van der Waals surface area contributed by atoms with Crippen molar-refractivity contribution in [2.24, 2.45) is 0 Å². The summed E-state index contributed by atoms with van der Waals surface area (Å²) in [7, 11) is 1.62. The summed E-state index contributed by atoms with van der Waals surface area (Å²) in [4.78, 5) is 23.3. The van der Waals surface area contributed by atoms with Crippen LogP contribution in [0.5, 0.6) is 5.88 Å². The Hall–Kier alpha value is -2.60. The number of aromatic nitrogens is 1. The second kappa shape index (κ2) is 6.72. The van der Waals surface area contributed by atoms with E-state index >= 15 is 0 Å². The van der Waals surface area contributed by atoms with E-state index in [9.17, 15) is 4.79 Å². The van der Waals surface area contributed by atoms with Gasteiger partial charge in [-0.3, -0.25) is 9.80 Å². The number of hydrogen-bond acceptors (Lipinski definition) is 4. The molecule has 2 aliphatic heterocycles. The number of para-hydroxylation sites is 1. The maximum atomic E-state index is 12.7. The van der Waals surface area contributed by atoms with Crippen LogP contribution in [-0.4, -0.2) is 60.1 Å². The Bertz CT molecular complexity index is 735. The van der Waals surface area contributed by atoms with Gasteiger partial charge in [0.1, 0.15) is 0 Å². The van der Waals surface area contributed by atoms with E-state index in [-0.39, 0.29) is 12.1 Å². The van der Waals surface area contributed by atoms with Gasteiger partial charge in [-0.15, -0.1) is 0 Å². The molecule has 2 fully saturated rings. The minimum absolute atomic E-state index is 0.127. The molecule has 1 aromatic heterocycles. The maximum absolute atomic E-state index is 12.7.